The average molecular weight is 346 g/mol. The number of terminal acetylenes is 1. The molecule has 1 amide bonds. The molecule has 1 aliphatic rings. The van der Waals surface area contributed by atoms with Crippen LogP contribution in [0.2, 0.25) is 0 Å². The van der Waals surface area contributed by atoms with Crippen molar-refractivity contribution in [2.24, 2.45) is 10.2 Å². The predicted molar refractivity (Wildman–Crippen MR) is 100 cm³/mol. The summed E-state index contributed by atoms with van der Waals surface area (Å²) >= 11 is 0. The lowest BCUT2D eigenvalue weighted by Gasteiger charge is -2.19. The van der Waals surface area contributed by atoms with E-state index in [2.05, 4.69) is 26.4 Å². The summed E-state index contributed by atoms with van der Waals surface area (Å²) in [7, 11) is 0. The number of hydrogen-bond donors (Lipinski definition) is 1. The molecule has 0 aliphatic carbocycles. The van der Waals surface area contributed by atoms with Crippen LogP contribution in [-0.4, -0.2) is 16.6 Å². The van der Waals surface area contributed by atoms with Crippen LogP contribution >= 0.6 is 0 Å². The Bertz CT molecular complexity index is 815. The first-order valence-electron chi connectivity index (χ1n) is 8.76. The van der Waals surface area contributed by atoms with Gasteiger partial charge in [-0.2, -0.15) is 10.2 Å². The molecule has 1 aromatic carbocycles. The molecule has 0 saturated heterocycles. The third-order valence-corrected chi connectivity index (χ3v) is 4.50. The monoisotopic (exact) mass is 346 g/mol. The van der Waals surface area contributed by atoms with E-state index in [9.17, 15) is 4.79 Å². The fourth-order valence-electron chi connectivity index (χ4n) is 2.85. The quantitative estimate of drug-likeness (QED) is 0.735. The van der Waals surface area contributed by atoms with E-state index in [1.165, 1.54) is 5.56 Å². The Morgan fingerprint density at radius 2 is 1.96 bits per heavy atom. The van der Waals surface area contributed by atoms with Crippen LogP contribution in [0.3, 0.4) is 0 Å². The maximum absolute atomic E-state index is 12.6. The Balaban J connectivity index is 1.67. The second kappa shape index (κ2) is 7.92. The van der Waals surface area contributed by atoms with Crippen LogP contribution in [0.1, 0.15) is 48.5 Å². The Kier molecular flexibility index (Phi) is 5.43. The molecule has 2 aromatic rings. The summed E-state index contributed by atoms with van der Waals surface area (Å²) < 4.78 is 0. The van der Waals surface area contributed by atoms with E-state index in [-0.39, 0.29) is 11.9 Å². The molecule has 0 spiro atoms. The predicted octanol–water partition coefficient (Wildman–Crippen LogP) is 3.95. The molecular formula is C21H22N4O. The van der Waals surface area contributed by atoms with Gasteiger partial charge in [-0.25, -0.2) is 0 Å². The van der Waals surface area contributed by atoms with Crippen molar-refractivity contribution < 1.29 is 4.79 Å². The molecular weight excluding hydrogens is 324 g/mol. The Morgan fingerprint density at radius 1 is 1.19 bits per heavy atom. The van der Waals surface area contributed by atoms with Crippen LogP contribution < -0.4 is 5.32 Å². The summed E-state index contributed by atoms with van der Waals surface area (Å²) in [5.41, 5.74) is 2.55. The number of nitrogens with zero attached hydrogens (tertiary/aromatic N) is 3. The van der Waals surface area contributed by atoms with Gasteiger partial charge in [-0.1, -0.05) is 35.9 Å². The molecule has 1 aliphatic heterocycles. The van der Waals surface area contributed by atoms with Gasteiger partial charge in [0.2, 0.25) is 5.91 Å². The number of aromatic nitrogens is 1. The summed E-state index contributed by atoms with van der Waals surface area (Å²) in [4.78, 5) is 17.0. The van der Waals surface area contributed by atoms with Crippen LogP contribution in [0, 0.1) is 19.3 Å². The van der Waals surface area contributed by atoms with Crippen LogP contribution in [0.5, 0.6) is 0 Å². The van der Waals surface area contributed by atoms with Gasteiger partial charge >= 0.3 is 0 Å². The first kappa shape index (κ1) is 17.8. The van der Waals surface area contributed by atoms with E-state index in [1.54, 1.807) is 6.20 Å². The van der Waals surface area contributed by atoms with Crippen molar-refractivity contribution in [3.8, 4) is 12.3 Å². The minimum Gasteiger partial charge on any atom is -0.344 e. The molecule has 5 heteroatoms. The third kappa shape index (κ3) is 4.54. The normalized spacial score (nSPS) is 15.1. The van der Waals surface area contributed by atoms with Crippen LogP contribution in [0.4, 0.5) is 0 Å². The Labute approximate surface area is 154 Å². The number of hydrogen-bond acceptors (Lipinski definition) is 4. The van der Waals surface area contributed by atoms with Gasteiger partial charge in [0, 0.05) is 31.9 Å². The van der Waals surface area contributed by atoms with E-state index < -0.39 is 5.66 Å². The number of aryl methyl sites for hydroxylation is 1. The molecule has 1 atom stereocenters. The maximum Gasteiger partial charge on any atom is 0.220 e. The van der Waals surface area contributed by atoms with E-state index >= 15 is 0 Å². The maximum atomic E-state index is 12.6. The van der Waals surface area contributed by atoms with E-state index in [0.717, 1.165) is 11.3 Å². The number of carbonyl (C=O) groups is 1. The van der Waals surface area contributed by atoms with Crippen molar-refractivity contribution in [2.75, 3.05) is 0 Å². The highest BCUT2D eigenvalue weighted by molar-refractivity contribution is 5.77. The van der Waals surface area contributed by atoms with Crippen LogP contribution in [-0.2, 0) is 4.79 Å². The first-order chi connectivity index (χ1) is 12.6. The van der Waals surface area contributed by atoms with Gasteiger partial charge in [0.05, 0.1) is 11.7 Å². The minimum atomic E-state index is -0.436. The number of rotatable bonds is 8. The summed E-state index contributed by atoms with van der Waals surface area (Å²) in [6.07, 6.45) is 9.31. The zero-order chi connectivity index (χ0) is 18.4. The number of carbonyl (C=O) groups excluding carboxylic acids is 1. The van der Waals surface area contributed by atoms with Crippen LogP contribution in [0.25, 0.3) is 0 Å². The number of pyridine rings is 1. The van der Waals surface area contributed by atoms with E-state index in [4.69, 9.17) is 6.42 Å². The van der Waals surface area contributed by atoms with Gasteiger partial charge in [0.1, 0.15) is 0 Å². The highest BCUT2D eigenvalue weighted by atomic mass is 16.1. The fraction of sp³-hybridized carbons (Fsp3) is 0.333. The molecule has 1 aromatic heterocycles. The average Bonchev–Trinajstić information content (AvgIpc) is 3.45. The van der Waals surface area contributed by atoms with Gasteiger partial charge in [-0.15, -0.1) is 12.3 Å². The van der Waals surface area contributed by atoms with Gasteiger partial charge in [0.15, 0.2) is 5.66 Å². The van der Waals surface area contributed by atoms with Crippen molar-refractivity contribution in [3.63, 3.8) is 0 Å². The lowest BCUT2D eigenvalue weighted by atomic mass is 10.00. The smallest absolute Gasteiger partial charge is 0.220 e. The zero-order valence-electron chi connectivity index (χ0n) is 14.9. The lowest BCUT2D eigenvalue weighted by molar-refractivity contribution is -0.121. The van der Waals surface area contributed by atoms with Crippen molar-refractivity contribution in [1.82, 2.24) is 10.3 Å². The largest absolute Gasteiger partial charge is 0.344 e. The van der Waals surface area contributed by atoms with Crippen molar-refractivity contribution in [3.05, 3.63) is 65.5 Å². The Hall–Kier alpha value is -3.00. The lowest BCUT2D eigenvalue weighted by Crippen LogP contribution is -2.30. The molecule has 3 rings (SSSR count). The molecule has 0 saturated carbocycles. The third-order valence-electron chi connectivity index (χ3n) is 4.50. The summed E-state index contributed by atoms with van der Waals surface area (Å²) in [6, 6.07) is 13.5. The molecule has 26 heavy (non-hydrogen) atoms. The highest BCUT2D eigenvalue weighted by Crippen LogP contribution is 2.37. The second-order valence-electron chi connectivity index (χ2n) is 6.55. The molecule has 0 fully saturated rings. The second-order valence-corrected chi connectivity index (χ2v) is 6.55. The summed E-state index contributed by atoms with van der Waals surface area (Å²) in [5, 5.41) is 11.3. The minimum absolute atomic E-state index is 0.0430. The summed E-state index contributed by atoms with van der Waals surface area (Å²) in [5.74, 6) is 2.56. The van der Waals surface area contributed by atoms with Crippen molar-refractivity contribution in [2.45, 2.75) is 44.3 Å². The molecule has 1 N–H and O–H groups in total. The first-order valence-corrected chi connectivity index (χ1v) is 8.76. The number of benzene rings is 1. The SMILES string of the molecule is C#CCCC1(CCC(=O)NC(c2ccc(C)cc2)c2ccccn2)N=N1. The van der Waals surface area contributed by atoms with Crippen molar-refractivity contribution in [1.29, 1.82) is 0 Å². The van der Waals surface area contributed by atoms with Gasteiger partial charge in [0.25, 0.3) is 0 Å². The molecule has 5 nitrogen and oxygen atoms in total. The molecule has 2 heterocycles. The van der Waals surface area contributed by atoms with Crippen molar-refractivity contribution >= 4 is 5.91 Å². The van der Waals surface area contributed by atoms with Gasteiger partial charge < -0.3 is 5.32 Å². The van der Waals surface area contributed by atoms with Gasteiger partial charge in [-0.05, 0) is 24.6 Å². The summed E-state index contributed by atoms with van der Waals surface area (Å²) in [6.45, 7) is 2.04. The number of nitrogens with one attached hydrogen (secondary N) is 1. The Morgan fingerprint density at radius 3 is 2.58 bits per heavy atom. The van der Waals surface area contributed by atoms with E-state index in [1.807, 2.05) is 49.4 Å². The highest BCUT2D eigenvalue weighted by Gasteiger charge is 2.39. The molecule has 0 radical (unpaired) electrons. The fourth-order valence-corrected chi connectivity index (χ4v) is 2.85. The standard InChI is InChI=1S/C21H22N4O/c1-3-4-13-21(24-25-21)14-12-19(26)23-20(18-7-5-6-15-22-18)17-10-8-16(2)9-11-17/h1,5-11,15,20H,4,12-14H2,2H3,(H,23,26). The zero-order valence-corrected chi connectivity index (χ0v) is 14.9. The molecule has 1 unspecified atom stereocenters. The van der Waals surface area contributed by atoms with E-state index in [0.29, 0.717) is 25.7 Å². The van der Waals surface area contributed by atoms with Gasteiger partial charge in [-0.3, -0.25) is 9.78 Å². The molecule has 132 valence electrons. The topological polar surface area (TPSA) is 66.7 Å². The molecule has 0 bridgehead atoms. The van der Waals surface area contributed by atoms with Crippen LogP contribution in [0.15, 0.2) is 58.9 Å². The number of amides is 1.